The monoisotopic (exact) mass is 348 g/mol. The number of fused-ring (bicyclic) bond motifs is 2. The van der Waals surface area contributed by atoms with E-state index in [2.05, 4.69) is 9.97 Å². The van der Waals surface area contributed by atoms with Crippen LogP contribution < -0.4 is 11.1 Å². The van der Waals surface area contributed by atoms with Gasteiger partial charge in [0.05, 0.1) is 40.7 Å². The molecule has 4 aromatic rings. The second kappa shape index (κ2) is 6.53. The summed E-state index contributed by atoms with van der Waals surface area (Å²) in [7, 11) is 0. The Balaban J connectivity index is 1.90. The summed E-state index contributed by atoms with van der Waals surface area (Å²) in [5.41, 5.74) is 1.34. The average molecular weight is 348 g/mol. The molecular weight excluding hydrogens is 332 g/mol. The smallest absolute Gasteiger partial charge is 0.260 e. The topological polar surface area (TPSA) is 90.0 Å². The Hall–Kier alpha value is -3.32. The lowest BCUT2D eigenvalue weighted by Gasteiger charge is -2.08. The minimum atomic E-state index is -0.273. The molecule has 0 aliphatic rings. The molecule has 0 spiro atoms. The molecule has 0 unspecified atom stereocenters. The quantitative estimate of drug-likeness (QED) is 0.559. The Morgan fingerprint density at radius 3 is 2.27 bits per heavy atom. The molecule has 0 saturated heterocycles. The molecule has 0 saturated carbocycles. The van der Waals surface area contributed by atoms with Crippen LogP contribution in [0.15, 0.2) is 64.6 Å². The highest BCUT2D eigenvalue weighted by Gasteiger charge is 2.10. The zero-order chi connectivity index (χ0) is 18.1. The highest BCUT2D eigenvalue weighted by atomic mass is 16.3. The van der Waals surface area contributed by atoms with Gasteiger partial charge < -0.3 is 14.2 Å². The van der Waals surface area contributed by atoms with E-state index in [0.29, 0.717) is 28.4 Å². The van der Waals surface area contributed by atoms with E-state index in [4.69, 9.17) is 5.11 Å². The van der Waals surface area contributed by atoms with Crippen LogP contribution in [0.3, 0.4) is 0 Å². The predicted octanol–water partition coefficient (Wildman–Crippen LogP) is 1.15. The number of aromatic nitrogens is 4. The summed E-state index contributed by atoms with van der Waals surface area (Å²) in [5.74, 6) is 0. The zero-order valence-corrected chi connectivity index (χ0v) is 13.9. The van der Waals surface area contributed by atoms with Gasteiger partial charge in [-0.2, -0.15) is 0 Å². The maximum Gasteiger partial charge on any atom is 0.260 e. The molecule has 0 aliphatic heterocycles. The number of hydrogen-bond acceptors (Lipinski definition) is 5. The average Bonchev–Trinajstić information content (AvgIpc) is 2.67. The van der Waals surface area contributed by atoms with Gasteiger partial charge in [0, 0.05) is 25.1 Å². The van der Waals surface area contributed by atoms with Gasteiger partial charge in [-0.25, -0.2) is 4.98 Å². The zero-order valence-electron chi connectivity index (χ0n) is 13.9. The SMILES string of the molecule is O=c1c2cc3c(=O)n(Cc4ccccn4)ccc3nc2ccn1CCO. The van der Waals surface area contributed by atoms with E-state index in [1.54, 1.807) is 41.4 Å². The molecule has 0 aromatic carbocycles. The van der Waals surface area contributed by atoms with Crippen LogP contribution in [0.4, 0.5) is 0 Å². The molecule has 4 heterocycles. The van der Waals surface area contributed by atoms with E-state index in [1.165, 1.54) is 4.57 Å². The van der Waals surface area contributed by atoms with Gasteiger partial charge in [0.1, 0.15) is 0 Å². The van der Waals surface area contributed by atoms with Crippen molar-refractivity contribution in [1.82, 2.24) is 19.1 Å². The van der Waals surface area contributed by atoms with Crippen molar-refractivity contribution in [2.24, 2.45) is 0 Å². The fourth-order valence-electron chi connectivity index (χ4n) is 2.98. The first kappa shape index (κ1) is 16.2. The molecule has 1 N–H and O–H groups in total. The summed E-state index contributed by atoms with van der Waals surface area (Å²) < 4.78 is 2.96. The van der Waals surface area contributed by atoms with E-state index in [1.807, 2.05) is 18.2 Å². The Morgan fingerprint density at radius 2 is 1.62 bits per heavy atom. The molecule has 7 heteroatoms. The first-order valence-electron chi connectivity index (χ1n) is 8.21. The molecule has 0 bridgehead atoms. The number of nitrogens with zero attached hydrogens (tertiary/aromatic N) is 4. The van der Waals surface area contributed by atoms with E-state index in [9.17, 15) is 9.59 Å². The Kier molecular flexibility index (Phi) is 4.06. The van der Waals surface area contributed by atoms with Crippen molar-refractivity contribution in [2.45, 2.75) is 13.1 Å². The van der Waals surface area contributed by atoms with Crippen molar-refractivity contribution >= 4 is 21.8 Å². The van der Waals surface area contributed by atoms with Crippen LogP contribution in [-0.4, -0.2) is 30.8 Å². The first-order chi connectivity index (χ1) is 12.7. The highest BCUT2D eigenvalue weighted by molar-refractivity contribution is 5.91. The predicted molar refractivity (Wildman–Crippen MR) is 98.2 cm³/mol. The standard InChI is InChI=1S/C19H16N4O3/c24-10-9-22-7-4-16-14(18(22)25)11-15-17(21-16)5-8-23(19(15)26)12-13-3-1-2-6-20-13/h1-8,11,24H,9-10,12H2. The van der Waals surface area contributed by atoms with Crippen molar-refractivity contribution in [3.05, 3.63) is 81.4 Å². The van der Waals surface area contributed by atoms with Gasteiger partial charge in [-0.15, -0.1) is 0 Å². The Bertz CT molecular complexity index is 1210. The molecule has 0 amide bonds. The molecular formula is C19H16N4O3. The molecule has 7 nitrogen and oxygen atoms in total. The van der Waals surface area contributed by atoms with Crippen LogP contribution in [0.2, 0.25) is 0 Å². The molecule has 0 fully saturated rings. The van der Waals surface area contributed by atoms with Crippen LogP contribution in [0, 0.1) is 0 Å². The summed E-state index contributed by atoms with van der Waals surface area (Å²) >= 11 is 0. The lowest BCUT2D eigenvalue weighted by molar-refractivity contribution is 0.274. The lowest BCUT2D eigenvalue weighted by atomic mass is 10.2. The van der Waals surface area contributed by atoms with Gasteiger partial charge in [0.25, 0.3) is 11.1 Å². The van der Waals surface area contributed by atoms with E-state index < -0.39 is 0 Å². The van der Waals surface area contributed by atoms with E-state index >= 15 is 0 Å². The molecule has 4 aromatic heterocycles. The molecule has 130 valence electrons. The van der Waals surface area contributed by atoms with Crippen LogP contribution in [-0.2, 0) is 13.1 Å². The minimum Gasteiger partial charge on any atom is -0.395 e. The highest BCUT2D eigenvalue weighted by Crippen LogP contribution is 2.14. The summed E-state index contributed by atoms with van der Waals surface area (Å²) in [6.07, 6.45) is 4.97. The molecule has 0 atom stereocenters. The van der Waals surface area contributed by atoms with Gasteiger partial charge in [0.2, 0.25) is 0 Å². The summed E-state index contributed by atoms with van der Waals surface area (Å²) in [6, 6.07) is 10.6. The van der Waals surface area contributed by atoms with Crippen molar-refractivity contribution in [2.75, 3.05) is 6.61 Å². The minimum absolute atomic E-state index is 0.136. The third-order valence-electron chi connectivity index (χ3n) is 4.29. The van der Waals surface area contributed by atoms with Gasteiger partial charge in [-0.1, -0.05) is 6.07 Å². The maximum absolute atomic E-state index is 12.8. The number of rotatable bonds is 4. The first-order valence-corrected chi connectivity index (χ1v) is 8.21. The maximum atomic E-state index is 12.8. The number of hydrogen-bond donors (Lipinski definition) is 1. The molecule has 4 rings (SSSR count). The van der Waals surface area contributed by atoms with Gasteiger partial charge in [-0.3, -0.25) is 14.6 Å². The number of aliphatic hydroxyl groups is 1. The lowest BCUT2D eigenvalue weighted by Crippen LogP contribution is -2.23. The van der Waals surface area contributed by atoms with Crippen molar-refractivity contribution in [3.8, 4) is 0 Å². The normalized spacial score (nSPS) is 11.3. The largest absolute Gasteiger partial charge is 0.395 e. The Labute approximate surface area is 147 Å². The molecule has 0 aliphatic carbocycles. The second-order valence-electron chi connectivity index (χ2n) is 5.96. The fraction of sp³-hybridized carbons (Fsp3) is 0.158. The Morgan fingerprint density at radius 1 is 0.923 bits per heavy atom. The van der Waals surface area contributed by atoms with Gasteiger partial charge >= 0.3 is 0 Å². The van der Waals surface area contributed by atoms with Crippen LogP contribution in [0.5, 0.6) is 0 Å². The van der Waals surface area contributed by atoms with Crippen LogP contribution in [0.1, 0.15) is 5.69 Å². The van der Waals surface area contributed by atoms with Gasteiger partial charge in [0.15, 0.2) is 0 Å². The summed E-state index contributed by atoms with van der Waals surface area (Å²) in [4.78, 5) is 34.1. The third kappa shape index (κ3) is 2.78. The third-order valence-corrected chi connectivity index (χ3v) is 4.29. The second-order valence-corrected chi connectivity index (χ2v) is 5.96. The number of aliphatic hydroxyl groups excluding tert-OH is 1. The van der Waals surface area contributed by atoms with Crippen molar-refractivity contribution < 1.29 is 5.11 Å². The van der Waals surface area contributed by atoms with Crippen LogP contribution >= 0.6 is 0 Å². The van der Waals surface area contributed by atoms with E-state index in [0.717, 1.165) is 5.69 Å². The van der Waals surface area contributed by atoms with E-state index in [-0.39, 0.29) is 24.3 Å². The van der Waals surface area contributed by atoms with Crippen molar-refractivity contribution in [3.63, 3.8) is 0 Å². The van der Waals surface area contributed by atoms with Crippen molar-refractivity contribution in [1.29, 1.82) is 0 Å². The number of pyridine rings is 4. The fourth-order valence-corrected chi connectivity index (χ4v) is 2.98. The van der Waals surface area contributed by atoms with Crippen LogP contribution in [0.25, 0.3) is 21.8 Å². The molecule has 26 heavy (non-hydrogen) atoms. The molecule has 0 radical (unpaired) electrons. The summed E-state index contributed by atoms with van der Waals surface area (Å²) in [6.45, 7) is 0.409. The summed E-state index contributed by atoms with van der Waals surface area (Å²) in [5, 5.41) is 9.82. The van der Waals surface area contributed by atoms with Gasteiger partial charge in [-0.05, 0) is 30.3 Å².